The maximum atomic E-state index is 11.7. The third-order valence-electron chi connectivity index (χ3n) is 2.81. The van der Waals surface area contributed by atoms with Crippen LogP contribution in [0.25, 0.3) is 0 Å². The third kappa shape index (κ3) is 7.45. The standard InChI is InChI=1S/C16H22N2O3/c1-2-3-9-20-11-12-21-10-8-16(19)18-15-7-5-4-6-14(15)13-17/h4-7H,2-3,8-12H2,1H3,(H,18,19). The van der Waals surface area contributed by atoms with Crippen LogP contribution in [-0.4, -0.2) is 32.3 Å². The molecule has 1 N–H and O–H groups in total. The number of benzene rings is 1. The van der Waals surface area contributed by atoms with Crippen molar-refractivity contribution in [2.24, 2.45) is 0 Å². The van der Waals surface area contributed by atoms with E-state index in [9.17, 15) is 4.79 Å². The first-order valence-corrected chi connectivity index (χ1v) is 7.22. The molecule has 0 aliphatic heterocycles. The van der Waals surface area contributed by atoms with Crippen molar-refractivity contribution >= 4 is 11.6 Å². The molecule has 0 aliphatic rings. The number of ether oxygens (including phenoxy) is 2. The van der Waals surface area contributed by atoms with Crippen LogP contribution in [0.1, 0.15) is 31.7 Å². The van der Waals surface area contributed by atoms with Crippen molar-refractivity contribution < 1.29 is 14.3 Å². The first-order valence-electron chi connectivity index (χ1n) is 7.22. The maximum Gasteiger partial charge on any atom is 0.226 e. The Morgan fingerprint density at radius 2 is 1.90 bits per heavy atom. The molecule has 0 spiro atoms. The Morgan fingerprint density at radius 3 is 2.62 bits per heavy atom. The van der Waals surface area contributed by atoms with Gasteiger partial charge in [0.1, 0.15) is 6.07 Å². The minimum absolute atomic E-state index is 0.162. The molecule has 21 heavy (non-hydrogen) atoms. The second-order valence-corrected chi connectivity index (χ2v) is 4.53. The summed E-state index contributed by atoms with van der Waals surface area (Å²) in [5.41, 5.74) is 0.990. The number of anilines is 1. The van der Waals surface area contributed by atoms with Gasteiger partial charge in [-0.2, -0.15) is 5.26 Å². The van der Waals surface area contributed by atoms with Crippen LogP contribution >= 0.6 is 0 Å². The van der Waals surface area contributed by atoms with Gasteiger partial charge in [0.15, 0.2) is 0 Å². The highest BCUT2D eigenvalue weighted by Gasteiger charge is 2.05. The van der Waals surface area contributed by atoms with E-state index in [-0.39, 0.29) is 12.3 Å². The Labute approximate surface area is 125 Å². The largest absolute Gasteiger partial charge is 0.379 e. The zero-order valence-electron chi connectivity index (χ0n) is 12.4. The summed E-state index contributed by atoms with van der Waals surface area (Å²) in [6.45, 7) is 4.26. The van der Waals surface area contributed by atoms with Crippen molar-refractivity contribution in [3.63, 3.8) is 0 Å². The summed E-state index contributed by atoms with van der Waals surface area (Å²) in [5, 5.41) is 11.6. The summed E-state index contributed by atoms with van der Waals surface area (Å²) in [6, 6.07) is 8.95. The summed E-state index contributed by atoms with van der Waals surface area (Å²) >= 11 is 0. The molecule has 0 atom stereocenters. The molecule has 0 fully saturated rings. The van der Waals surface area contributed by atoms with Crippen molar-refractivity contribution in [2.45, 2.75) is 26.2 Å². The van der Waals surface area contributed by atoms with E-state index in [1.165, 1.54) is 0 Å². The second kappa shape index (κ2) is 10.8. The van der Waals surface area contributed by atoms with Crippen molar-refractivity contribution in [1.82, 2.24) is 0 Å². The smallest absolute Gasteiger partial charge is 0.226 e. The fraction of sp³-hybridized carbons (Fsp3) is 0.500. The fourth-order valence-electron chi connectivity index (χ4n) is 1.64. The van der Waals surface area contributed by atoms with Crippen LogP contribution < -0.4 is 5.32 Å². The van der Waals surface area contributed by atoms with Gasteiger partial charge >= 0.3 is 0 Å². The van der Waals surface area contributed by atoms with Gasteiger partial charge in [0.2, 0.25) is 5.91 Å². The summed E-state index contributed by atoms with van der Waals surface area (Å²) in [4.78, 5) is 11.7. The Hall–Kier alpha value is -1.90. The number of carbonyl (C=O) groups is 1. The Bertz CT molecular complexity index is 469. The average molecular weight is 290 g/mol. The summed E-state index contributed by atoms with van der Waals surface area (Å²) < 4.78 is 10.7. The van der Waals surface area contributed by atoms with E-state index in [4.69, 9.17) is 14.7 Å². The van der Waals surface area contributed by atoms with Crippen LogP contribution in [0, 0.1) is 11.3 Å². The van der Waals surface area contributed by atoms with Crippen LogP contribution in [0.15, 0.2) is 24.3 Å². The van der Waals surface area contributed by atoms with Gasteiger partial charge in [0, 0.05) is 6.61 Å². The average Bonchev–Trinajstić information content (AvgIpc) is 2.50. The van der Waals surface area contributed by atoms with E-state index >= 15 is 0 Å². The number of hydrogen-bond acceptors (Lipinski definition) is 4. The lowest BCUT2D eigenvalue weighted by atomic mass is 10.2. The quantitative estimate of drug-likeness (QED) is 0.673. The molecule has 1 amide bonds. The van der Waals surface area contributed by atoms with Gasteiger partial charge < -0.3 is 14.8 Å². The van der Waals surface area contributed by atoms with E-state index in [0.29, 0.717) is 31.1 Å². The monoisotopic (exact) mass is 290 g/mol. The highest BCUT2D eigenvalue weighted by Crippen LogP contribution is 2.13. The van der Waals surface area contributed by atoms with Crippen LogP contribution in [0.5, 0.6) is 0 Å². The molecule has 0 aromatic heterocycles. The maximum absolute atomic E-state index is 11.7. The van der Waals surface area contributed by atoms with Crippen molar-refractivity contribution in [3.05, 3.63) is 29.8 Å². The van der Waals surface area contributed by atoms with E-state index in [2.05, 4.69) is 12.2 Å². The van der Waals surface area contributed by atoms with Crippen LogP contribution in [0.4, 0.5) is 5.69 Å². The summed E-state index contributed by atoms with van der Waals surface area (Å²) in [5.74, 6) is -0.162. The highest BCUT2D eigenvalue weighted by atomic mass is 16.5. The van der Waals surface area contributed by atoms with Crippen molar-refractivity contribution in [1.29, 1.82) is 5.26 Å². The van der Waals surface area contributed by atoms with Crippen LogP contribution in [-0.2, 0) is 14.3 Å². The van der Waals surface area contributed by atoms with Crippen LogP contribution in [0.2, 0.25) is 0 Å². The van der Waals surface area contributed by atoms with Gasteiger partial charge in [0.05, 0.1) is 37.5 Å². The number of unbranched alkanes of at least 4 members (excludes halogenated alkanes) is 1. The molecule has 0 radical (unpaired) electrons. The van der Waals surface area contributed by atoms with Gasteiger partial charge in [-0.25, -0.2) is 0 Å². The molecule has 1 aromatic carbocycles. The SMILES string of the molecule is CCCCOCCOCCC(=O)Nc1ccccc1C#N. The number of nitrogens with one attached hydrogen (secondary N) is 1. The Balaban J connectivity index is 2.13. The van der Waals surface area contributed by atoms with Gasteiger partial charge in [-0.15, -0.1) is 0 Å². The molecule has 114 valence electrons. The van der Waals surface area contributed by atoms with E-state index < -0.39 is 0 Å². The second-order valence-electron chi connectivity index (χ2n) is 4.53. The fourth-order valence-corrected chi connectivity index (χ4v) is 1.64. The zero-order chi connectivity index (χ0) is 15.3. The van der Waals surface area contributed by atoms with E-state index in [1.807, 2.05) is 6.07 Å². The molecule has 0 bridgehead atoms. The number of nitriles is 1. The molecule has 5 nitrogen and oxygen atoms in total. The predicted molar refractivity (Wildman–Crippen MR) is 80.9 cm³/mol. The lowest BCUT2D eigenvalue weighted by Crippen LogP contribution is -2.16. The van der Waals surface area contributed by atoms with Crippen molar-refractivity contribution in [3.8, 4) is 6.07 Å². The number of rotatable bonds is 10. The zero-order valence-corrected chi connectivity index (χ0v) is 12.4. The molecule has 0 saturated carbocycles. The first kappa shape index (κ1) is 17.2. The van der Waals surface area contributed by atoms with Gasteiger partial charge in [-0.3, -0.25) is 4.79 Å². The van der Waals surface area contributed by atoms with E-state index in [1.54, 1.807) is 24.3 Å². The molecule has 0 heterocycles. The predicted octanol–water partition coefficient (Wildman–Crippen LogP) is 2.72. The molecule has 1 rings (SSSR count). The number of hydrogen-bond donors (Lipinski definition) is 1. The van der Waals surface area contributed by atoms with Crippen molar-refractivity contribution in [2.75, 3.05) is 31.7 Å². The number of nitrogens with zero attached hydrogens (tertiary/aromatic N) is 1. The number of amides is 1. The molecule has 0 saturated heterocycles. The van der Waals surface area contributed by atoms with Gasteiger partial charge in [0.25, 0.3) is 0 Å². The molecule has 1 aromatic rings. The number of para-hydroxylation sites is 1. The highest BCUT2D eigenvalue weighted by molar-refractivity contribution is 5.92. The Morgan fingerprint density at radius 1 is 1.19 bits per heavy atom. The minimum atomic E-state index is -0.162. The lowest BCUT2D eigenvalue weighted by molar-refractivity contribution is -0.117. The molecular formula is C16H22N2O3. The Kier molecular flexibility index (Phi) is 8.85. The lowest BCUT2D eigenvalue weighted by Gasteiger charge is -2.07. The summed E-state index contributed by atoms with van der Waals surface area (Å²) in [6.07, 6.45) is 2.43. The normalized spacial score (nSPS) is 10.1. The molecule has 0 aliphatic carbocycles. The number of carbonyl (C=O) groups excluding carboxylic acids is 1. The molecule has 0 unspecified atom stereocenters. The van der Waals surface area contributed by atoms with Gasteiger partial charge in [-0.05, 0) is 18.6 Å². The molecular weight excluding hydrogens is 268 g/mol. The summed E-state index contributed by atoms with van der Waals surface area (Å²) in [7, 11) is 0. The minimum Gasteiger partial charge on any atom is -0.379 e. The first-order chi connectivity index (χ1) is 10.3. The molecule has 5 heteroatoms. The third-order valence-corrected chi connectivity index (χ3v) is 2.81. The topological polar surface area (TPSA) is 71.3 Å². The van der Waals surface area contributed by atoms with Crippen LogP contribution in [0.3, 0.4) is 0 Å². The van der Waals surface area contributed by atoms with Gasteiger partial charge in [-0.1, -0.05) is 25.5 Å². The van der Waals surface area contributed by atoms with E-state index in [0.717, 1.165) is 19.4 Å².